The van der Waals surface area contributed by atoms with Crippen LogP contribution in [0.2, 0.25) is 5.02 Å². The summed E-state index contributed by atoms with van der Waals surface area (Å²) in [5.41, 5.74) is 7.68. The number of halogens is 1. The van der Waals surface area contributed by atoms with E-state index >= 15 is 0 Å². The van der Waals surface area contributed by atoms with Crippen molar-refractivity contribution in [2.75, 3.05) is 31.1 Å². The molecular weight excluding hydrogens is 262 g/mol. The zero-order valence-electron chi connectivity index (χ0n) is 11.2. The molecule has 5 heteroatoms. The maximum atomic E-state index is 11.4. The minimum absolute atomic E-state index is 0.145. The Morgan fingerprint density at radius 2 is 2.11 bits per heavy atom. The summed E-state index contributed by atoms with van der Waals surface area (Å²) in [6.07, 6.45) is 0.967. The Labute approximate surface area is 119 Å². The quantitative estimate of drug-likeness (QED) is 0.900. The molecule has 0 radical (unpaired) electrons. The molecule has 0 aromatic heterocycles. The number of anilines is 1. The summed E-state index contributed by atoms with van der Waals surface area (Å²) in [6, 6.07) is 5.95. The molecule has 0 saturated carbocycles. The lowest BCUT2D eigenvalue weighted by Gasteiger charge is -2.24. The van der Waals surface area contributed by atoms with Crippen molar-refractivity contribution in [2.45, 2.75) is 19.9 Å². The number of hydrogen-bond donors (Lipinski definition) is 1. The van der Waals surface area contributed by atoms with E-state index in [0.717, 1.165) is 48.9 Å². The molecule has 0 spiro atoms. The highest BCUT2D eigenvalue weighted by atomic mass is 35.5. The first-order valence-corrected chi connectivity index (χ1v) is 6.98. The molecule has 0 aliphatic carbocycles. The van der Waals surface area contributed by atoms with E-state index in [-0.39, 0.29) is 5.91 Å². The summed E-state index contributed by atoms with van der Waals surface area (Å²) in [7, 11) is 0. The van der Waals surface area contributed by atoms with Crippen molar-refractivity contribution in [3.05, 3.63) is 28.8 Å². The summed E-state index contributed by atoms with van der Waals surface area (Å²) in [5.74, 6) is 0.145. The first-order chi connectivity index (χ1) is 9.11. The van der Waals surface area contributed by atoms with Gasteiger partial charge in [-0.05, 0) is 24.1 Å². The average Bonchev–Trinajstić information content (AvgIpc) is 2.64. The molecule has 2 N–H and O–H groups in total. The number of carbonyl (C=O) groups is 1. The fourth-order valence-corrected chi connectivity index (χ4v) is 2.73. The van der Waals surface area contributed by atoms with Gasteiger partial charge in [-0.15, -0.1) is 0 Å². The van der Waals surface area contributed by atoms with Gasteiger partial charge < -0.3 is 15.5 Å². The van der Waals surface area contributed by atoms with Crippen LogP contribution >= 0.6 is 11.6 Å². The van der Waals surface area contributed by atoms with E-state index < -0.39 is 0 Å². The molecule has 1 aromatic carbocycles. The number of rotatable bonds is 2. The van der Waals surface area contributed by atoms with Gasteiger partial charge in [-0.25, -0.2) is 0 Å². The minimum Gasteiger partial charge on any atom is -0.368 e. The van der Waals surface area contributed by atoms with Crippen molar-refractivity contribution >= 4 is 23.2 Å². The topological polar surface area (TPSA) is 49.6 Å². The molecule has 1 heterocycles. The second-order valence-electron chi connectivity index (χ2n) is 4.84. The van der Waals surface area contributed by atoms with Crippen molar-refractivity contribution in [2.24, 2.45) is 5.73 Å². The van der Waals surface area contributed by atoms with Crippen molar-refractivity contribution < 1.29 is 4.79 Å². The standard InChI is InChI=1S/C14H20ClN3O/c1-11(19)17-5-2-6-18(8-7-17)14-4-3-12(10-16)9-13(14)15/h3-4,9H,2,5-8,10,16H2,1H3. The smallest absolute Gasteiger partial charge is 0.219 e. The molecule has 104 valence electrons. The van der Waals surface area contributed by atoms with Crippen LogP contribution in [0.5, 0.6) is 0 Å². The van der Waals surface area contributed by atoms with Crippen molar-refractivity contribution in [1.82, 2.24) is 4.90 Å². The van der Waals surface area contributed by atoms with E-state index in [4.69, 9.17) is 17.3 Å². The molecule has 1 fully saturated rings. The normalized spacial score (nSPS) is 16.4. The number of nitrogens with zero attached hydrogens (tertiary/aromatic N) is 2. The van der Waals surface area contributed by atoms with E-state index in [2.05, 4.69) is 4.90 Å². The summed E-state index contributed by atoms with van der Waals surface area (Å²) in [4.78, 5) is 15.5. The molecular formula is C14H20ClN3O. The summed E-state index contributed by atoms with van der Waals surface area (Å²) in [5, 5.41) is 0.735. The zero-order valence-corrected chi connectivity index (χ0v) is 12.0. The van der Waals surface area contributed by atoms with Gasteiger partial charge >= 0.3 is 0 Å². The van der Waals surface area contributed by atoms with Crippen molar-refractivity contribution in [3.8, 4) is 0 Å². The van der Waals surface area contributed by atoms with E-state index in [9.17, 15) is 4.79 Å². The fraction of sp³-hybridized carbons (Fsp3) is 0.500. The van der Waals surface area contributed by atoms with Crippen LogP contribution in [0.3, 0.4) is 0 Å². The van der Waals surface area contributed by atoms with E-state index in [0.29, 0.717) is 6.54 Å². The Morgan fingerprint density at radius 1 is 1.32 bits per heavy atom. The molecule has 0 unspecified atom stereocenters. The van der Waals surface area contributed by atoms with Crippen LogP contribution in [0.25, 0.3) is 0 Å². The van der Waals surface area contributed by atoms with Crippen molar-refractivity contribution in [1.29, 1.82) is 0 Å². The molecule has 1 aliphatic heterocycles. The van der Waals surface area contributed by atoms with Gasteiger partial charge in [0.2, 0.25) is 5.91 Å². The minimum atomic E-state index is 0.145. The van der Waals surface area contributed by atoms with Gasteiger partial charge in [-0.2, -0.15) is 0 Å². The third-order valence-electron chi connectivity index (χ3n) is 3.53. The third kappa shape index (κ3) is 3.39. The molecule has 2 rings (SSSR count). The zero-order chi connectivity index (χ0) is 13.8. The molecule has 4 nitrogen and oxygen atoms in total. The van der Waals surface area contributed by atoms with Crippen LogP contribution in [-0.4, -0.2) is 37.0 Å². The Morgan fingerprint density at radius 3 is 2.74 bits per heavy atom. The number of nitrogens with two attached hydrogens (primary N) is 1. The van der Waals surface area contributed by atoms with Gasteiger partial charge in [0, 0.05) is 39.6 Å². The SMILES string of the molecule is CC(=O)N1CCCN(c2ccc(CN)cc2Cl)CC1. The maximum absolute atomic E-state index is 11.4. The Bertz CT molecular complexity index is 464. The lowest BCUT2D eigenvalue weighted by Crippen LogP contribution is -2.33. The summed E-state index contributed by atoms with van der Waals surface area (Å²) >= 11 is 6.32. The van der Waals surface area contributed by atoms with Crippen LogP contribution in [0, 0.1) is 0 Å². The van der Waals surface area contributed by atoms with Crippen LogP contribution in [-0.2, 0) is 11.3 Å². The second-order valence-corrected chi connectivity index (χ2v) is 5.24. The predicted octanol–water partition coefficient (Wildman–Crippen LogP) is 1.86. The van der Waals surface area contributed by atoms with E-state index in [1.807, 2.05) is 23.1 Å². The molecule has 1 aromatic rings. The number of benzene rings is 1. The lowest BCUT2D eigenvalue weighted by atomic mass is 10.2. The molecule has 1 aliphatic rings. The number of hydrogen-bond acceptors (Lipinski definition) is 3. The van der Waals surface area contributed by atoms with Gasteiger partial charge in [-0.3, -0.25) is 4.79 Å². The highest BCUT2D eigenvalue weighted by Gasteiger charge is 2.18. The van der Waals surface area contributed by atoms with Gasteiger partial charge in [0.05, 0.1) is 10.7 Å². The maximum Gasteiger partial charge on any atom is 0.219 e. The first-order valence-electron chi connectivity index (χ1n) is 6.61. The predicted molar refractivity (Wildman–Crippen MR) is 78.4 cm³/mol. The molecule has 0 atom stereocenters. The summed E-state index contributed by atoms with van der Waals surface area (Å²) < 4.78 is 0. The van der Waals surface area contributed by atoms with Crippen LogP contribution < -0.4 is 10.6 Å². The first kappa shape index (κ1) is 14.2. The molecule has 1 amide bonds. The number of amides is 1. The Hall–Kier alpha value is -1.26. The molecule has 0 bridgehead atoms. The fourth-order valence-electron chi connectivity index (χ4n) is 2.41. The third-order valence-corrected chi connectivity index (χ3v) is 3.83. The van der Waals surface area contributed by atoms with E-state index in [1.165, 1.54) is 0 Å². The van der Waals surface area contributed by atoms with Gasteiger partial charge in [0.1, 0.15) is 0 Å². The average molecular weight is 282 g/mol. The Balaban J connectivity index is 2.12. The van der Waals surface area contributed by atoms with Crippen molar-refractivity contribution in [3.63, 3.8) is 0 Å². The highest BCUT2D eigenvalue weighted by molar-refractivity contribution is 6.33. The lowest BCUT2D eigenvalue weighted by molar-refractivity contribution is -0.128. The highest BCUT2D eigenvalue weighted by Crippen LogP contribution is 2.27. The summed E-state index contributed by atoms with van der Waals surface area (Å²) in [6.45, 7) is 5.44. The van der Waals surface area contributed by atoms with E-state index in [1.54, 1.807) is 6.92 Å². The second kappa shape index (κ2) is 6.26. The number of carbonyl (C=O) groups excluding carboxylic acids is 1. The monoisotopic (exact) mass is 281 g/mol. The van der Waals surface area contributed by atoms with Gasteiger partial charge in [0.25, 0.3) is 0 Å². The molecule has 19 heavy (non-hydrogen) atoms. The van der Waals surface area contributed by atoms with Crippen LogP contribution in [0.4, 0.5) is 5.69 Å². The van der Waals surface area contributed by atoms with Gasteiger partial charge in [0.15, 0.2) is 0 Å². The van der Waals surface area contributed by atoms with Crippen LogP contribution in [0.1, 0.15) is 18.9 Å². The largest absolute Gasteiger partial charge is 0.368 e. The Kier molecular flexibility index (Phi) is 4.66. The van der Waals surface area contributed by atoms with Crippen LogP contribution in [0.15, 0.2) is 18.2 Å². The van der Waals surface area contributed by atoms with Gasteiger partial charge in [-0.1, -0.05) is 17.7 Å². The molecule has 1 saturated heterocycles.